The normalized spacial score (nSPS) is 53.5. The molecule has 140 valence electrons. The van der Waals surface area contributed by atoms with Crippen LogP contribution in [0, 0.1) is 22.7 Å². The van der Waals surface area contributed by atoms with Crippen LogP contribution in [0.1, 0.15) is 85.0 Å². The molecule has 4 aliphatic carbocycles. The Morgan fingerprint density at radius 3 is 2.52 bits per heavy atom. The van der Waals surface area contributed by atoms with Gasteiger partial charge in [0.2, 0.25) is 0 Å². The van der Waals surface area contributed by atoms with Crippen molar-refractivity contribution in [2.45, 2.75) is 102 Å². The third-order valence-electron chi connectivity index (χ3n) is 9.68. The van der Waals surface area contributed by atoms with Gasteiger partial charge in [0, 0.05) is 6.61 Å². The Bertz CT molecular complexity index is 569. The van der Waals surface area contributed by atoms with Crippen molar-refractivity contribution in [3.63, 3.8) is 0 Å². The van der Waals surface area contributed by atoms with Crippen LogP contribution >= 0.6 is 0 Å². The maximum absolute atomic E-state index is 7.29. The second-order valence-electron chi connectivity index (χ2n) is 10.5. The summed E-state index contributed by atoms with van der Waals surface area (Å²) in [5.41, 5.74) is 0.573. The minimum absolute atomic E-state index is 0.0216. The Kier molecular flexibility index (Phi) is 3.60. The molecule has 5 aliphatic rings. The lowest BCUT2D eigenvalue weighted by molar-refractivity contribution is -0.220. The summed E-state index contributed by atoms with van der Waals surface area (Å²) in [7, 11) is 0. The van der Waals surface area contributed by atoms with Crippen molar-refractivity contribution in [1.82, 2.24) is 0 Å². The van der Waals surface area contributed by atoms with E-state index in [-0.39, 0.29) is 11.2 Å². The molecular formula is C23H36O2. The quantitative estimate of drug-likeness (QED) is 0.615. The molecule has 2 heteroatoms. The van der Waals surface area contributed by atoms with E-state index in [1.165, 1.54) is 57.8 Å². The summed E-state index contributed by atoms with van der Waals surface area (Å²) in [5, 5.41) is 0. The third kappa shape index (κ3) is 1.99. The van der Waals surface area contributed by atoms with Crippen LogP contribution in [-0.2, 0) is 9.47 Å². The maximum Gasteiger partial charge on any atom is 0.116 e. The largest absolute Gasteiger partial charge is 0.371 e. The highest BCUT2D eigenvalue weighted by Crippen LogP contribution is 2.68. The average Bonchev–Trinajstić information content (AvgIpc) is 3.27. The smallest absolute Gasteiger partial charge is 0.116 e. The Balaban J connectivity index is 1.51. The molecule has 4 fully saturated rings. The van der Waals surface area contributed by atoms with Crippen LogP contribution < -0.4 is 0 Å². The zero-order valence-electron chi connectivity index (χ0n) is 16.5. The number of hydrogen-bond donors (Lipinski definition) is 0. The molecular weight excluding hydrogens is 308 g/mol. The molecule has 0 aromatic carbocycles. The van der Waals surface area contributed by atoms with Gasteiger partial charge in [-0.25, -0.2) is 0 Å². The van der Waals surface area contributed by atoms with Crippen LogP contribution in [0.5, 0.6) is 0 Å². The minimum atomic E-state index is -0.156. The van der Waals surface area contributed by atoms with Crippen molar-refractivity contribution >= 4 is 0 Å². The van der Waals surface area contributed by atoms with Crippen molar-refractivity contribution in [3.8, 4) is 0 Å². The average molecular weight is 345 g/mol. The van der Waals surface area contributed by atoms with Gasteiger partial charge in [0.05, 0.1) is 6.10 Å². The molecule has 1 heterocycles. The molecule has 3 saturated carbocycles. The van der Waals surface area contributed by atoms with E-state index in [0.717, 1.165) is 24.9 Å². The number of allylic oxidation sites excluding steroid dienone is 1. The summed E-state index contributed by atoms with van der Waals surface area (Å²) >= 11 is 0. The number of rotatable bonds is 3. The molecule has 0 radical (unpaired) electrons. The molecule has 2 bridgehead atoms. The molecule has 1 aliphatic heterocycles. The molecule has 0 aromatic heterocycles. The van der Waals surface area contributed by atoms with Gasteiger partial charge in [0.15, 0.2) is 0 Å². The topological polar surface area (TPSA) is 18.5 Å². The summed E-state index contributed by atoms with van der Waals surface area (Å²) in [4.78, 5) is 0. The highest BCUT2D eigenvalue weighted by Gasteiger charge is 2.66. The fraction of sp³-hybridized carbons (Fsp3) is 0.913. The van der Waals surface area contributed by atoms with Crippen LogP contribution in [0.15, 0.2) is 12.2 Å². The molecule has 0 spiro atoms. The van der Waals surface area contributed by atoms with Crippen molar-refractivity contribution in [1.29, 1.82) is 0 Å². The zero-order chi connectivity index (χ0) is 17.3. The first-order valence-corrected chi connectivity index (χ1v) is 10.9. The van der Waals surface area contributed by atoms with Gasteiger partial charge in [-0.15, -0.1) is 0 Å². The molecule has 0 aromatic rings. The lowest BCUT2D eigenvalue weighted by Gasteiger charge is -2.52. The van der Waals surface area contributed by atoms with Gasteiger partial charge >= 0.3 is 0 Å². The first-order chi connectivity index (χ1) is 11.9. The lowest BCUT2D eigenvalue weighted by Crippen LogP contribution is -2.59. The van der Waals surface area contributed by atoms with E-state index in [0.29, 0.717) is 16.9 Å². The second-order valence-corrected chi connectivity index (χ2v) is 10.5. The van der Waals surface area contributed by atoms with Crippen LogP contribution in [-0.4, -0.2) is 23.9 Å². The third-order valence-corrected chi connectivity index (χ3v) is 9.68. The monoisotopic (exact) mass is 344 g/mol. The summed E-state index contributed by atoms with van der Waals surface area (Å²) in [6.07, 6.45) is 18.0. The molecule has 6 atom stereocenters. The Hall–Kier alpha value is -0.340. The van der Waals surface area contributed by atoms with E-state index in [4.69, 9.17) is 9.47 Å². The van der Waals surface area contributed by atoms with E-state index in [2.05, 4.69) is 32.9 Å². The number of ether oxygens (including phenoxy) is 2. The van der Waals surface area contributed by atoms with Crippen LogP contribution in [0.3, 0.4) is 0 Å². The summed E-state index contributed by atoms with van der Waals surface area (Å²) in [6, 6.07) is 0. The maximum atomic E-state index is 7.29. The fourth-order valence-corrected chi connectivity index (χ4v) is 7.63. The van der Waals surface area contributed by atoms with Crippen molar-refractivity contribution in [2.75, 3.05) is 6.61 Å². The molecule has 2 nitrogen and oxygen atoms in total. The molecule has 1 saturated heterocycles. The van der Waals surface area contributed by atoms with Crippen molar-refractivity contribution < 1.29 is 9.47 Å². The van der Waals surface area contributed by atoms with Crippen LogP contribution in [0.25, 0.3) is 0 Å². The van der Waals surface area contributed by atoms with Crippen LogP contribution in [0.2, 0.25) is 0 Å². The van der Waals surface area contributed by atoms with E-state index >= 15 is 0 Å². The predicted molar refractivity (Wildman–Crippen MR) is 100 cm³/mol. The van der Waals surface area contributed by atoms with Crippen LogP contribution in [0.4, 0.5) is 0 Å². The molecule has 5 rings (SSSR count). The van der Waals surface area contributed by atoms with Gasteiger partial charge in [0.25, 0.3) is 0 Å². The number of fused-ring (bicyclic) bond motifs is 3. The zero-order valence-corrected chi connectivity index (χ0v) is 16.5. The van der Waals surface area contributed by atoms with Gasteiger partial charge in [0.1, 0.15) is 11.2 Å². The lowest BCUT2D eigenvalue weighted by atomic mass is 9.68. The van der Waals surface area contributed by atoms with Crippen molar-refractivity contribution in [3.05, 3.63) is 12.2 Å². The Labute approximate surface area is 153 Å². The standard InChI is InChI=1S/C23H36O2/c1-20(2)18-9-14-21(20,3)19(16-18)25-22(11-5-4-6-12-22)23-13-7-8-17(23)10-15-24-23/h5,11,17-19H,4,6-10,12-16H2,1-3H3. The molecule has 6 unspecified atom stereocenters. The van der Waals surface area contributed by atoms with E-state index < -0.39 is 0 Å². The van der Waals surface area contributed by atoms with Gasteiger partial charge in [-0.05, 0) is 80.5 Å². The molecule has 25 heavy (non-hydrogen) atoms. The van der Waals surface area contributed by atoms with Gasteiger partial charge in [-0.1, -0.05) is 39.3 Å². The van der Waals surface area contributed by atoms with E-state index in [1.807, 2.05) is 0 Å². The van der Waals surface area contributed by atoms with Crippen molar-refractivity contribution in [2.24, 2.45) is 22.7 Å². The fourth-order valence-electron chi connectivity index (χ4n) is 7.63. The summed E-state index contributed by atoms with van der Waals surface area (Å²) in [5.74, 6) is 1.56. The predicted octanol–water partition coefficient (Wildman–Crippen LogP) is 5.66. The van der Waals surface area contributed by atoms with Gasteiger partial charge < -0.3 is 9.47 Å². The highest BCUT2D eigenvalue weighted by molar-refractivity contribution is 5.23. The SMILES string of the molecule is CC1(C)C2CCC1(C)C(OC1(C34CCCC3CCO4)C=CCCC1)C2. The Morgan fingerprint density at radius 2 is 1.84 bits per heavy atom. The Morgan fingerprint density at radius 1 is 0.960 bits per heavy atom. The summed E-state index contributed by atoms with van der Waals surface area (Å²) < 4.78 is 13.9. The molecule has 0 amide bonds. The van der Waals surface area contributed by atoms with Gasteiger partial charge in [-0.2, -0.15) is 0 Å². The van der Waals surface area contributed by atoms with E-state index in [9.17, 15) is 0 Å². The second kappa shape index (κ2) is 5.35. The first kappa shape index (κ1) is 16.8. The summed E-state index contributed by atoms with van der Waals surface area (Å²) in [6.45, 7) is 8.46. The van der Waals surface area contributed by atoms with Gasteiger partial charge in [-0.3, -0.25) is 0 Å². The molecule has 0 N–H and O–H groups in total. The van der Waals surface area contributed by atoms with E-state index in [1.54, 1.807) is 0 Å². The first-order valence-electron chi connectivity index (χ1n) is 10.9. The highest BCUT2D eigenvalue weighted by atomic mass is 16.6. The number of hydrogen-bond acceptors (Lipinski definition) is 2. The minimum Gasteiger partial charge on any atom is -0.371 e.